The predicted molar refractivity (Wildman–Crippen MR) is 92.2 cm³/mol. The quantitative estimate of drug-likeness (QED) is 0.733. The van der Waals surface area contributed by atoms with Crippen LogP contribution in [0.25, 0.3) is 10.7 Å². The molecule has 0 aliphatic heterocycles. The van der Waals surface area contributed by atoms with Gasteiger partial charge < -0.3 is 5.32 Å². The van der Waals surface area contributed by atoms with Crippen LogP contribution in [0.5, 0.6) is 0 Å². The summed E-state index contributed by atoms with van der Waals surface area (Å²) in [4.78, 5) is 20.8. The molecule has 0 saturated heterocycles. The Bertz CT molecular complexity index is 817. The van der Waals surface area contributed by atoms with E-state index in [0.29, 0.717) is 5.69 Å². The number of carbonyl (C=O) groups is 1. The number of amides is 1. The van der Waals surface area contributed by atoms with E-state index in [1.54, 1.807) is 11.6 Å². The zero-order valence-corrected chi connectivity index (χ0v) is 14.1. The summed E-state index contributed by atoms with van der Waals surface area (Å²) >= 11 is 4.86. The second-order valence-electron chi connectivity index (χ2n) is 4.67. The van der Waals surface area contributed by atoms with Gasteiger partial charge in [-0.3, -0.25) is 9.78 Å². The van der Waals surface area contributed by atoms with Gasteiger partial charge in [0.05, 0.1) is 5.69 Å². The summed E-state index contributed by atoms with van der Waals surface area (Å²) in [6, 6.07) is 11.3. The highest BCUT2D eigenvalue weighted by atomic mass is 79.9. The number of nitrogens with zero attached hydrogens (tertiary/aromatic N) is 2. The predicted octanol–water partition coefficient (Wildman–Crippen LogP) is 4.53. The Labute approximate surface area is 140 Å². The van der Waals surface area contributed by atoms with Crippen molar-refractivity contribution in [3.8, 4) is 10.7 Å². The number of anilines is 1. The average Bonchev–Trinajstić information content (AvgIpc) is 3.02. The third-order valence-corrected chi connectivity index (χ3v) is 4.77. The van der Waals surface area contributed by atoms with Gasteiger partial charge in [-0.05, 0) is 36.8 Å². The van der Waals surface area contributed by atoms with E-state index in [4.69, 9.17) is 0 Å². The Kier molecular flexibility index (Phi) is 4.31. The van der Waals surface area contributed by atoms with Crippen LogP contribution in [0.15, 0.2) is 52.4 Å². The van der Waals surface area contributed by atoms with E-state index >= 15 is 0 Å². The molecule has 1 amide bonds. The van der Waals surface area contributed by atoms with Crippen LogP contribution < -0.4 is 5.32 Å². The molecule has 0 unspecified atom stereocenters. The van der Waals surface area contributed by atoms with Crippen molar-refractivity contribution in [1.82, 2.24) is 9.97 Å². The van der Waals surface area contributed by atoms with E-state index in [1.165, 1.54) is 11.3 Å². The number of aryl methyl sites for hydroxylation is 1. The Morgan fingerprint density at radius 2 is 2.14 bits per heavy atom. The zero-order chi connectivity index (χ0) is 15.5. The highest BCUT2D eigenvalue weighted by molar-refractivity contribution is 9.10. The maximum atomic E-state index is 12.3. The van der Waals surface area contributed by atoms with Gasteiger partial charge in [0.25, 0.3) is 5.91 Å². The van der Waals surface area contributed by atoms with Gasteiger partial charge in [-0.25, -0.2) is 4.98 Å². The first-order chi connectivity index (χ1) is 10.6. The molecule has 0 saturated carbocycles. The van der Waals surface area contributed by atoms with E-state index in [2.05, 4.69) is 31.2 Å². The Morgan fingerprint density at radius 3 is 2.86 bits per heavy atom. The number of aromatic nitrogens is 2. The molecule has 1 aromatic carbocycles. The number of benzene rings is 1. The number of pyridine rings is 1. The van der Waals surface area contributed by atoms with Crippen LogP contribution in [-0.4, -0.2) is 15.9 Å². The first-order valence-corrected chi connectivity index (χ1v) is 8.25. The maximum absolute atomic E-state index is 12.3. The second-order valence-corrected chi connectivity index (χ2v) is 6.38. The lowest BCUT2D eigenvalue weighted by molar-refractivity contribution is 0.102. The summed E-state index contributed by atoms with van der Waals surface area (Å²) in [6.07, 6.45) is 1.71. The normalized spacial score (nSPS) is 10.5. The molecule has 0 aliphatic rings. The third kappa shape index (κ3) is 3.23. The minimum atomic E-state index is -0.228. The number of hydrogen-bond acceptors (Lipinski definition) is 4. The van der Waals surface area contributed by atoms with Crippen molar-refractivity contribution in [2.75, 3.05) is 5.32 Å². The van der Waals surface area contributed by atoms with Gasteiger partial charge in [0, 0.05) is 21.7 Å². The molecule has 0 atom stereocenters. The first-order valence-electron chi connectivity index (χ1n) is 6.58. The topological polar surface area (TPSA) is 54.9 Å². The third-order valence-electron chi connectivity index (χ3n) is 3.05. The lowest BCUT2D eigenvalue weighted by atomic mass is 10.2. The van der Waals surface area contributed by atoms with E-state index < -0.39 is 0 Å². The summed E-state index contributed by atoms with van der Waals surface area (Å²) in [5.74, 6) is -0.228. The molecule has 3 aromatic rings. The van der Waals surface area contributed by atoms with Crippen molar-refractivity contribution in [2.24, 2.45) is 0 Å². The zero-order valence-electron chi connectivity index (χ0n) is 11.7. The van der Waals surface area contributed by atoms with Crippen LogP contribution in [0, 0.1) is 6.92 Å². The molecule has 3 rings (SSSR count). The smallest absolute Gasteiger partial charge is 0.275 e. The number of thiazole rings is 1. The summed E-state index contributed by atoms with van der Waals surface area (Å²) in [5, 5.41) is 5.32. The molecule has 0 radical (unpaired) electrons. The maximum Gasteiger partial charge on any atom is 0.275 e. The van der Waals surface area contributed by atoms with Gasteiger partial charge >= 0.3 is 0 Å². The minimum Gasteiger partial charge on any atom is -0.321 e. The number of nitrogens with one attached hydrogen (secondary N) is 1. The number of hydrogen-bond donors (Lipinski definition) is 1. The van der Waals surface area contributed by atoms with Crippen LogP contribution in [0.1, 0.15) is 16.1 Å². The molecule has 4 nitrogen and oxygen atoms in total. The highest BCUT2D eigenvalue weighted by Gasteiger charge is 2.13. The van der Waals surface area contributed by atoms with Crippen molar-refractivity contribution >= 4 is 38.9 Å². The summed E-state index contributed by atoms with van der Waals surface area (Å²) < 4.78 is 0.956. The lowest BCUT2D eigenvalue weighted by Crippen LogP contribution is -2.12. The largest absolute Gasteiger partial charge is 0.321 e. The standard InChI is InChI=1S/C16H12BrN3OS/c1-10-5-6-11(8-12(10)17)19-15(21)14-9-22-16(20-14)13-4-2-3-7-18-13/h2-9H,1H3,(H,19,21). The molecule has 6 heteroatoms. The molecule has 0 spiro atoms. The molecule has 2 aromatic heterocycles. The van der Waals surface area contributed by atoms with Crippen molar-refractivity contribution in [1.29, 1.82) is 0 Å². The van der Waals surface area contributed by atoms with Crippen molar-refractivity contribution in [2.45, 2.75) is 6.92 Å². The average molecular weight is 374 g/mol. The van der Waals surface area contributed by atoms with E-state index in [0.717, 1.165) is 26.4 Å². The minimum absolute atomic E-state index is 0.228. The van der Waals surface area contributed by atoms with Gasteiger partial charge in [0.15, 0.2) is 0 Å². The molecule has 1 N–H and O–H groups in total. The van der Waals surface area contributed by atoms with Gasteiger partial charge in [0.2, 0.25) is 0 Å². The summed E-state index contributed by atoms with van der Waals surface area (Å²) in [7, 11) is 0. The van der Waals surface area contributed by atoms with Crippen LogP contribution in [-0.2, 0) is 0 Å². The Morgan fingerprint density at radius 1 is 1.27 bits per heavy atom. The molecule has 22 heavy (non-hydrogen) atoms. The SMILES string of the molecule is Cc1ccc(NC(=O)c2csc(-c3ccccn3)n2)cc1Br. The number of rotatable bonds is 3. The van der Waals surface area contributed by atoms with Gasteiger partial charge in [0.1, 0.15) is 10.7 Å². The molecule has 110 valence electrons. The Hall–Kier alpha value is -2.05. The summed E-state index contributed by atoms with van der Waals surface area (Å²) in [6.45, 7) is 2.00. The van der Waals surface area contributed by atoms with Crippen molar-refractivity contribution in [3.63, 3.8) is 0 Å². The fraction of sp³-hybridized carbons (Fsp3) is 0.0625. The monoisotopic (exact) mass is 373 g/mol. The molecule has 0 aliphatic carbocycles. The number of carbonyl (C=O) groups excluding carboxylic acids is 1. The van der Waals surface area contributed by atoms with Crippen LogP contribution >= 0.6 is 27.3 Å². The molecular formula is C16H12BrN3OS. The molecular weight excluding hydrogens is 362 g/mol. The van der Waals surface area contributed by atoms with Crippen molar-refractivity contribution in [3.05, 3.63) is 63.7 Å². The van der Waals surface area contributed by atoms with E-state index in [9.17, 15) is 4.79 Å². The van der Waals surface area contributed by atoms with Gasteiger partial charge in [-0.2, -0.15) is 0 Å². The number of halogens is 1. The second kappa shape index (κ2) is 6.37. The highest BCUT2D eigenvalue weighted by Crippen LogP contribution is 2.23. The van der Waals surface area contributed by atoms with Gasteiger partial charge in [-0.15, -0.1) is 11.3 Å². The van der Waals surface area contributed by atoms with Crippen LogP contribution in [0.2, 0.25) is 0 Å². The molecule has 0 bridgehead atoms. The molecule has 0 fully saturated rings. The van der Waals surface area contributed by atoms with Crippen LogP contribution in [0.4, 0.5) is 5.69 Å². The van der Waals surface area contributed by atoms with Crippen LogP contribution in [0.3, 0.4) is 0 Å². The fourth-order valence-corrected chi connectivity index (χ4v) is 3.01. The summed E-state index contributed by atoms with van der Waals surface area (Å²) in [5.41, 5.74) is 3.01. The fourth-order valence-electron chi connectivity index (χ4n) is 1.85. The Balaban J connectivity index is 1.78. The van der Waals surface area contributed by atoms with Crippen molar-refractivity contribution < 1.29 is 4.79 Å². The van der Waals surface area contributed by atoms with Gasteiger partial charge in [-0.1, -0.05) is 28.1 Å². The van der Waals surface area contributed by atoms with E-state index in [-0.39, 0.29) is 5.91 Å². The van der Waals surface area contributed by atoms with E-state index in [1.807, 2.05) is 43.3 Å². The molecule has 2 heterocycles. The first kappa shape index (κ1) is 14.9. The lowest BCUT2D eigenvalue weighted by Gasteiger charge is -2.05.